The molecule has 3 atom stereocenters. The number of carbonyl (C=O) groups excluding carboxylic acids is 1. The van der Waals surface area contributed by atoms with Crippen molar-refractivity contribution in [1.29, 1.82) is 0 Å². The first-order valence-corrected chi connectivity index (χ1v) is 8.79. The fourth-order valence-corrected chi connectivity index (χ4v) is 2.93. The Morgan fingerprint density at radius 1 is 1.52 bits per heavy atom. The van der Waals surface area contributed by atoms with Crippen LogP contribution in [-0.4, -0.2) is 51.6 Å². The Morgan fingerprint density at radius 3 is 2.88 bits per heavy atom. The summed E-state index contributed by atoms with van der Waals surface area (Å²) >= 11 is 5.93. The summed E-state index contributed by atoms with van der Waals surface area (Å²) in [5.74, 6) is -0.505. The molecule has 8 heteroatoms. The third-order valence-electron chi connectivity index (χ3n) is 4.33. The zero-order chi connectivity index (χ0) is 18.6. The number of alkyl halides is 1. The number of amides is 1. The van der Waals surface area contributed by atoms with E-state index in [1.54, 1.807) is 6.07 Å². The van der Waals surface area contributed by atoms with Crippen molar-refractivity contribution in [1.82, 2.24) is 10.3 Å². The van der Waals surface area contributed by atoms with Crippen molar-refractivity contribution in [3.63, 3.8) is 0 Å². The van der Waals surface area contributed by atoms with Crippen LogP contribution in [0.3, 0.4) is 0 Å². The van der Waals surface area contributed by atoms with Crippen molar-refractivity contribution < 1.29 is 19.4 Å². The van der Waals surface area contributed by atoms with Gasteiger partial charge in [0.2, 0.25) is 0 Å². The van der Waals surface area contributed by atoms with Gasteiger partial charge >= 0.3 is 0 Å². The quantitative estimate of drug-likeness (QED) is 0.574. The lowest BCUT2D eigenvalue weighted by Crippen LogP contribution is -2.42. The van der Waals surface area contributed by atoms with Crippen LogP contribution in [-0.2, 0) is 0 Å². The van der Waals surface area contributed by atoms with Crippen LogP contribution in [0.15, 0.2) is 12.3 Å². The first-order chi connectivity index (χ1) is 11.7. The molecule has 140 valence electrons. The van der Waals surface area contributed by atoms with Gasteiger partial charge in [0.25, 0.3) is 5.91 Å². The standard InChI is InChI=1S/C17H25ClFN3O3/c1-17(2,25)14(19)9-21-16(24)12-8-20-15(18)7-13(12)22-10-4-3-5-11(23)6-10/h7-8,10-11,14,23,25H,3-6,9H2,1-2H3,(H,20,22)(H,21,24)/t10-,11-,14+/m0/s1. The summed E-state index contributed by atoms with van der Waals surface area (Å²) in [4.78, 5) is 16.3. The maximum absolute atomic E-state index is 13.8. The summed E-state index contributed by atoms with van der Waals surface area (Å²) in [7, 11) is 0. The smallest absolute Gasteiger partial charge is 0.255 e. The molecule has 1 aromatic heterocycles. The molecule has 0 spiro atoms. The Labute approximate surface area is 151 Å². The lowest BCUT2D eigenvalue weighted by molar-refractivity contribution is -0.00177. The highest BCUT2D eigenvalue weighted by Gasteiger charge is 2.27. The number of hydrogen-bond donors (Lipinski definition) is 4. The minimum Gasteiger partial charge on any atom is -0.393 e. The van der Waals surface area contributed by atoms with E-state index in [0.29, 0.717) is 12.1 Å². The van der Waals surface area contributed by atoms with Crippen LogP contribution in [0.1, 0.15) is 49.9 Å². The average molecular weight is 374 g/mol. The molecule has 1 amide bonds. The fourth-order valence-electron chi connectivity index (χ4n) is 2.77. The molecule has 1 heterocycles. The van der Waals surface area contributed by atoms with Gasteiger partial charge in [0.05, 0.1) is 29.5 Å². The predicted octanol–water partition coefficient (Wildman–Crippen LogP) is 2.29. The molecule has 0 radical (unpaired) electrons. The van der Waals surface area contributed by atoms with Gasteiger partial charge in [-0.15, -0.1) is 0 Å². The van der Waals surface area contributed by atoms with E-state index in [2.05, 4.69) is 15.6 Å². The number of pyridine rings is 1. The Balaban J connectivity index is 2.08. The number of carbonyl (C=O) groups is 1. The van der Waals surface area contributed by atoms with Crippen LogP contribution in [0, 0.1) is 0 Å². The number of aliphatic hydroxyl groups is 2. The van der Waals surface area contributed by atoms with Crippen molar-refractivity contribution >= 4 is 23.2 Å². The van der Waals surface area contributed by atoms with Crippen molar-refractivity contribution in [2.75, 3.05) is 11.9 Å². The van der Waals surface area contributed by atoms with Crippen LogP contribution in [0.5, 0.6) is 0 Å². The van der Waals surface area contributed by atoms with Crippen LogP contribution >= 0.6 is 11.6 Å². The zero-order valence-corrected chi connectivity index (χ0v) is 15.2. The number of nitrogens with zero attached hydrogens (tertiary/aromatic N) is 1. The highest BCUT2D eigenvalue weighted by atomic mass is 35.5. The van der Waals surface area contributed by atoms with Gasteiger partial charge in [-0.1, -0.05) is 11.6 Å². The Morgan fingerprint density at radius 2 is 2.24 bits per heavy atom. The first kappa shape index (κ1) is 19.9. The van der Waals surface area contributed by atoms with Crippen molar-refractivity contribution in [3.05, 3.63) is 23.0 Å². The minimum atomic E-state index is -1.60. The van der Waals surface area contributed by atoms with Gasteiger partial charge in [-0.05, 0) is 45.6 Å². The van der Waals surface area contributed by atoms with E-state index in [-0.39, 0.29) is 29.4 Å². The summed E-state index contributed by atoms with van der Waals surface area (Å²) in [5.41, 5.74) is -0.798. The van der Waals surface area contributed by atoms with E-state index in [9.17, 15) is 19.4 Å². The first-order valence-electron chi connectivity index (χ1n) is 8.41. The number of rotatable bonds is 6. The number of anilines is 1. The number of halogens is 2. The maximum Gasteiger partial charge on any atom is 0.255 e. The molecule has 0 unspecified atom stereocenters. The van der Waals surface area contributed by atoms with Crippen molar-refractivity contribution in [2.24, 2.45) is 0 Å². The van der Waals surface area contributed by atoms with Gasteiger partial charge in [-0.3, -0.25) is 4.79 Å². The van der Waals surface area contributed by atoms with E-state index >= 15 is 0 Å². The molecule has 2 rings (SSSR count). The fraction of sp³-hybridized carbons (Fsp3) is 0.647. The lowest BCUT2D eigenvalue weighted by atomic mass is 9.92. The van der Waals surface area contributed by atoms with Crippen molar-refractivity contribution in [2.45, 2.75) is 63.4 Å². The van der Waals surface area contributed by atoms with E-state index in [1.807, 2.05) is 0 Å². The third-order valence-corrected chi connectivity index (χ3v) is 4.54. The van der Waals surface area contributed by atoms with Gasteiger partial charge < -0.3 is 20.8 Å². The van der Waals surface area contributed by atoms with Gasteiger partial charge in [-0.25, -0.2) is 9.37 Å². The highest BCUT2D eigenvalue weighted by molar-refractivity contribution is 6.29. The second-order valence-electron chi connectivity index (χ2n) is 7.05. The van der Waals surface area contributed by atoms with E-state index < -0.39 is 17.7 Å². The van der Waals surface area contributed by atoms with Gasteiger partial charge in [0.15, 0.2) is 0 Å². The summed E-state index contributed by atoms with van der Waals surface area (Å²) in [6.07, 6.45) is 2.51. The maximum atomic E-state index is 13.8. The average Bonchev–Trinajstić information content (AvgIpc) is 2.51. The highest BCUT2D eigenvalue weighted by Crippen LogP contribution is 2.25. The topological polar surface area (TPSA) is 94.5 Å². The number of nitrogens with one attached hydrogen (secondary N) is 2. The number of aliphatic hydroxyl groups excluding tert-OH is 1. The molecule has 0 aliphatic heterocycles. The Hall–Kier alpha value is -1.44. The van der Waals surface area contributed by atoms with Crippen LogP contribution in [0.25, 0.3) is 0 Å². The summed E-state index contributed by atoms with van der Waals surface area (Å²) in [6, 6.07) is 1.57. The second-order valence-corrected chi connectivity index (χ2v) is 7.43. The lowest BCUT2D eigenvalue weighted by Gasteiger charge is -2.28. The molecule has 0 aromatic carbocycles. The molecule has 25 heavy (non-hydrogen) atoms. The molecule has 1 saturated carbocycles. The largest absolute Gasteiger partial charge is 0.393 e. The molecular weight excluding hydrogens is 349 g/mol. The summed E-state index contributed by atoms with van der Waals surface area (Å²) in [5, 5.41) is 25.3. The third kappa shape index (κ3) is 5.80. The second kappa shape index (κ2) is 8.29. The minimum absolute atomic E-state index is 0.0269. The molecule has 4 N–H and O–H groups in total. The van der Waals surface area contributed by atoms with Gasteiger partial charge in [0.1, 0.15) is 11.3 Å². The SMILES string of the molecule is CC(C)(O)[C@H](F)CNC(=O)c1cnc(Cl)cc1N[C@H]1CCC[C@H](O)C1. The number of aromatic nitrogens is 1. The van der Waals surface area contributed by atoms with Crippen LogP contribution in [0.4, 0.5) is 10.1 Å². The predicted molar refractivity (Wildman–Crippen MR) is 94.7 cm³/mol. The summed E-state index contributed by atoms with van der Waals surface area (Å²) < 4.78 is 13.8. The summed E-state index contributed by atoms with van der Waals surface area (Å²) in [6.45, 7) is 2.37. The molecule has 6 nitrogen and oxygen atoms in total. The van der Waals surface area contributed by atoms with Gasteiger partial charge in [-0.2, -0.15) is 0 Å². The Bertz CT molecular complexity index is 609. The monoisotopic (exact) mass is 373 g/mol. The molecule has 1 aliphatic carbocycles. The molecule has 1 aliphatic rings. The van der Waals surface area contributed by atoms with Crippen LogP contribution < -0.4 is 10.6 Å². The molecule has 0 bridgehead atoms. The van der Waals surface area contributed by atoms with Crippen molar-refractivity contribution in [3.8, 4) is 0 Å². The molecular formula is C17H25ClFN3O3. The number of hydrogen-bond acceptors (Lipinski definition) is 5. The zero-order valence-electron chi connectivity index (χ0n) is 14.4. The van der Waals surface area contributed by atoms with E-state index in [4.69, 9.17) is 11.6 Å². The molecule has 0 saturated heterocycles. The van der Waals surface area contributed by atoms with Crippen LogP contribution in [0.2, 0.25) is 5.15 Å². The van der Waals surface area contributed by atoms with E-state index in [1.165, 1.54) is 20.0 Å². The molecule has 1 aromatic rings. The molecule has 1 fully saturated rings. The Kier molecular flexibility index (Phi) is 6.59. The van der Waals surface area contributed by atoms with E-state index in [0.717, 1.165) is 19.3 Å². The normalized spacial score (nSPS) is 22.3. The van der Waals surface area contributed by atoms with Gasteiger partial charge in [0, 0.05) is 12.2 Å².